The topological polar surface area (TPSA) is 394 Å². The number of nitrogens with one attached hydrogen (secondary N) is 8. The second kappa shape index (κ2) is 55.8. The fraction of sp³-hybridized carbons (Fsp3) is 0.471. The Kier molecular flexibility index (Phi) is 55.5. The Bertz CT molecular complexity index is 3070. The third-order valence-corrected chi connectivity index (χ3v) is 11.5. The SMILES string of the molecule is CC(C)Oc1[c-]c(C(=O)[N-]C2CCC(=O)NC2=O)ccc1.CC(C)Oc1c[c-]c(C(=O)[N-]C2CCC(=O)NC2=O)cc1.CC(C)Oc1cc[c-]c(C(=O)[N-]C2CCC(=O)NC2=O)c1.CC(C)Oc1ccc[c-]c1C(=O)[N-]C1CCC(=O)NC1=O.CNC.CNC.CNC.CNC.[W+2].[W+2].[W+2].[W+2]. The van der Waals surface area contributed by atoms with Gasteiger partial charge in [0.1, 0.15) is 0 Å². The van der Waals surface area contributed by atoms with E-state index in [-0.39, 0.29) is 206 Å². The molecule has 0 aromatic heterocycles. The normalized spacial score (nSPS) is 16.1. The maximum Gasteiger partial charge on any atom is 2.00 e. The maximum absolute atomic E-state index is 12.2. The smallest absolute Gasteiger partial charge is 0.684 e. The summed E-state index contributed by atoms with van der Waals surface area (Å²) in [5, 5.41) is 35.1. The van der Waals surface area contributed by atoms with E-state index in [1.807, 2.05) is 112 Å². The zero-order chi connectivity index (χ0) is 72.5. The number of imide groups is 4. The van der Waals surface area contributed by atoms with Crippen molar-refractivity contribution in [2.75, 3.05) is 56.4 Å². The van der Waals surface area contributed by atoms with E-state index in [0.29, 0.717) is 23.0 Å². The largest absolute Gasteiger partial charge is 2.00 e. The summed E-state index contributed by atoms with van der Waals surface area (Å²) in [6, 6.07) is 27.3. The van der Waals surface area contributed by atoms with E-state index < -0.39 is 71.4 Å². The molecule has 32 heteroatoms. The molecule has 4 aliphatic heterocycles. The minimum absolute atomic E-state index is 0. The number of nitrogens with zero attached hydrogens (tertiary/aromatic N) is 4. The van der Waals surface area contributed by atoms with Crippen molar-refractivity contribution in [1.82, 2.24) is 42.5 Å². The van der Waals surface area contributed by atoms with Gasteiger partial charge >= 0.3 is 84.3 Å². The van der Waals surface area contributed by atoms with Gasteiger partial charge in [-0.15, -0.1) is 108 Å². The number of amides is 12. The minimum Gasteiger partial charge on any atom is -0.684 e. The van der Waals surface area contributed by atoms with Crippen LogP contribution in [-0.4, -0.2) is 176 Å². The van der Waals surface area contributed by atoms with Crippen LogP contribution in [-0.2, 0) is 123 Å². The first kappa shape index (κ1) is 99.5. The van der Waals surface area contributed by atoms with Crippen molar-refractivity contribution in [3.05, 3.63) is 141 Å². The Morgan fingerprint density at radius 1 is 0.410 bits per heavy atom. The number of benzene rings is 4. The van der Waals surface area contributed by atoms with E-state index >= 15 is 0 Å². The minimum atomic E-state index is -0.837. The number of rotatable bonds is 16. The summed E-state index contributed by atoms with van der Waals surface area (Å²) in [5.41, 5.74) is 0.919. The summed E-state index contributed by atoms with van der Waals surface area (Å²) >= 11 is 0. The molecule has 100 heavy (non-hydrogen) atoms. The van der Waals surface area contributed by atoms with Crippen LogP contribution in [0.4, 0.5) is 0 Å². The number of hydrogen-bond donors (Lipinski definition) is 8. The van der Waals surface area contributed by atoms with Crippen molar-refractivity contribution < 1.29 is 161 Å². The van der Waals surface area contributed by atoms with Gasteiger partial charge in [-0.2, -0.15) is 0 Å². The third kappa shape index (κ3) is 41.1. The number of carbonyl (C=O) groups is 12. The van der Waals surface area contributed by atoms with Gasteiger partial charge in [0.2, 0.25) is 47.3 Å². The molecule has 4 fully saturated rings. The summed E-state index contributed by atoms with van der Waals surface area (Å²) < 4.78 is 21.9. The summed E-state index contributed by atoms with van der Waals surface area (Å²) in [6.45, 7) is 15.0. The van der Waals surface area contributed by atoms with Gasteiger partial charge in [-0.25, -0.2) is 0 Å². The molecular weight excluding hydrogens is 1980 g/mol. The van der Waals surface area contributed by atoms with Gasteiger partial charge in [-0.05, 0) is 185 Å². The summed E-state index contributed by atoms with van der Waals surface area (Å²) in [7, 11) is 15.0. The average Bonchev–Trinajstić information content (AvgIpc) is 0.858. The molecule has 4 saturated heterocycles. The molecule has 4 aromatic rings. The summed E-state index contributed by atoms with van der Waals surface area (Å²) in [5.74, 6) is -3.66. The first-order chi connectivity index (χ1) is 45.5. The van der Waals surface area contributed by atoms with Crippen LogP contribution in [0.15, 0.2) is 72.8 Å². The van der Waals surface area contributed by atoms with Gasteiger partial charge in [-0.1, -0.05) is 11.6 Å². The van der Waals surface area contributed by atoms with Crippen LogP contribution < -0.4 is 61.5 Å². The van der Waals surface area contributed by atoms with Gasteiger partial charge in [0.15, 0.2) is 0 Å². The van der Waals surface area contributed by atoms with E-state index in [1.54, 1.807) is 66.7 Å². The molecule has 0 bridgehead atoms. The molecular formula is C68H92N12O16W4. The Labute approximate surface area is 644 Å². The molecule has 4 aromatic carbocycles. The van der Waals surface area contributed by atoms with Gasteiger partial charge in [0, 0.05) is 48.7 Å². The number of ether oxygens (including phenoxy) is 4. The molecule has 28 nitrogen and oxygen atoms in total. The summed E-state index contributed by atoms with van der Waals surface area (Å²) in [6.07, 6.45) is 1.64. The number of hydrogen-bond acceptors (Lipinski definition) is 20. The van der Waals surface area contributed by atoms with Crippen LogP contribution in [0, 0.1) is 24.3 Å². The van der Waals surface area contributed by atoms with Crippen molar-refractivity contribution in [2.24, 2.45) is 0 Å². The average molecular weight is 2070 g/mol. The predicted octanol–water partition coefficient (Wildman–Crippen LogP) is 5.70. The fourth-order valence-corrected chi connectivity index (χ4v) is 7.70. The maximum atomic E-state index is 12.2. The van der Waals surface area contributed by atoms with Crippen LogP contribution in [0.25, 0.3) is 21.3 Å². The third-order valence-electron chi connectivity index (χ3n) is 11.5. The molecule has 0 aliphatic carbocycles. The second-order valence-electron chi connectivity index (χ2n) is 22.0. The molecule has 4 unspecified atom stereocenters. The molecule has 4 heterocycles. The van der Waals surface area contributed by atoms with Crippen molar-refractivity contribution in [3.8, 4) is 23.0 Å². The van der Waals surface area contributed by atoms with Crippen LogP contribution >= 0.6 is 0 Å². The van der Waals surface area contributed by atoms with Crippen molar-refractivity contribution in [3.63, 3.8) is 0 Å². The standard InChI is InChI=1S/4C15H17N2O4.4C2H7N.4W/c1-9(2)21-11-5-3-10(4-6-11)14(19)16-12-7-8-13(18)17-15(12)20;2*1-9(2)21-11-5-3-4-10(8-11)14(19)16-12-6-7-13(18)17-15(12)20;1-9(2)21-12-6-4-3-5-10(12)14(19)16-11-7-8-13(18)17-15(11)20;4*1-3-2;;;;/h3,5-6,9,12H,7-8H2,1-2H3,(H2,16,17,18,19,20);3,5,8-9,12H,6-7H2,1-2H3,(H2,16,17,18,19,20);3-5,9,12H,6-7H2,1-2H3,(H2,16,17,18,19,20);3-4,6,9,11H,7-8H2,1-2H3,(H2,16,17,18,19,20);4*3H,1-2H3;;;;/q4*-1;;;;;4*+2/p-4. The second-order valence-corrected chi connectivity index (χ2v) is 22.0. The molecule has 8 rings (SSSR count). The molecule has 4 aliphatic rings. The molecule has 8 N–H and O–H groups in total. The quantitative estimate of drug-likeness (QED) is 0.0492. The van der Waals surface area contributed by atoms with Crippen molar-refractivity contribution in [1.29, 1.82) is 0 Å². The molecule has 0 spiro atoms. The van der Waals surface area contributed by atoms with E-state index in [9.17, 15) is 57.5 Å². The van der Waals surface area contributed by atoms with Crippen LogP contribution in [0.2, 0.25) is 0 Å². The Balaban J connectivity index is -0.000000574. The summed E-state index contributed by atoms with van der Waals surface area (Å²) in [4.78, 5) is 139. The Morgan fingerprint density at radius 3 is 1.15 bits per heavy atom. The van der Waals surface area contributed by atoms with E-state index in [4.69, 9.17) is 18.9 Å². The molecule has 544 valence electrons. The fourth-order valence-electron chi connectivity index (χ4n) is 7.70. The van der Waals surface area contributed by atoms with Crippen LogP contribution in [0.5, 0.6) is 23.0 Å². The van der Waals surface area contributed by atoms with Crippen molar-refractivity contribution in [2.45, 2.75) is 155 Å². The first-order valence-electron chi connectivity index (χ1n) is 30.9. The zero-order valence-corrected chi connectivity index (χ0v) is 70.9. The van der Waals surface area contributed by atoms with Crippen molar-refractivity contribution >= 4 is 70.9 Å². The van der Waals surface area contributed by atoms with Gasteiger partial charge in [0.25, 0.3) is 0 Å². The molecule has 0 saturated carbocycles. The van der Waals surface area contributed by atoms with Gasteiger partial charge in [-0.3, -0.25) is 59.6 Å². The molecule has 4 atom stereocenters. The van der Waals surface area contributed by atoms with Crippen LogP contribution in [0.3, 0.4) is 0 Å². The zero-order valence-electron chi connectivity index (χ0n) is 59.2. The molecule has 12 amide bonds. The molecule has 0 radical (unpaired) electrons. The Morgan fingerprint density at radius 2 is 0.780 bits per heavy atom. The van der Waals surface area contributed by atoms with E-state index in [1.165, 1.54) is 6.07 Å². The Hall–Kier alpha value is -6.89. The van der Waals surface area contributed by atoms with E-state index in [2.05, 4.69) is 88.1 Å². The van der Waals surface area contributed by atoms with Gasteiger partial charge < -0.3 is 80.7 Å². The predicted molar refractivity (Wildman–Crippen MR) is 360 cm³/mol. The van der Waals surface area contributed by atoms with E-state index in [0.717, 1.165) is 0 Å². The number of piperidine rings is 4. The van der Waals surface area contributed by atoms with Gasteiger partial charge in [0.05, 0.1) is 24.4 Å². The number of carbonyl (C=O) groups excluding carboxylic acids is 12. The first-order valence-corrected chi connectivity index (χ1v) is 30.9. The van der Waals surface area contributed by atoms with Crippen LogP contribution in [0.1, 0.15) is 148 Å². The monoisotopic (exact) mass is 2070 g/mol.